The first kappa shape index (κ1) is 12.1. The van der Waals surface area contributed by atoms with E-state index in [1.165, 1.54) is 6.42 Å². The third-order valence-corrected chi connectivity index (χ3v) is 4.17. The first-order valence-corrected chi connectivity index (χ1v) is 6.98. The van der Waals surface area contributed by atoms with Crippen molar-refractivity contribution in [3.05, 3.63) is 11.6 Å². The van der Waals surface area contributed by atoms with Crippen LogP contribution in [0.1, 0.15) is 37.3 Å². The molecule has 0 aromatic carbocycles. The highest BCUT2D eigenvalue weighted by molar-refractivity contribution is 4.99. The summed E-state index contributed by atoms with van der Waals surface area (Å²) in [5, 5.41) is 8.54. The molecular formula is C13H22N4O. The predicted octanol–water partition coefficient (Wildman–Crippen LogP) is 1.05. The number of aryl methyl sites for hydroxylation is 1. The Balaban J connectivity index is 1.65. The quantitative estimate of drug-likeness (QED) is 0.867. The van der Waals surface area contributed by atoms with E-state index < -0.39 is 0 Å². The third kappa shape index (κ3) is 2.42. The minimum absolute atomic E-state index is 0.349. The van der Waals surface area contributed by atoms with Crippen LogP contribution in [0.5, 0.6) is 0 Å². The van der Waals surface area contributed by atoms with Crippen LogP contribution in [0.2, 0.25) is 0 Å². The lowest BCUT2D eigenvalue weighted by Gasteiger charge is -2.32. The van der Waals surface area contributed by atoms with Crippen molar-refractivity contribution in [1.82, 2.24) is 14.8 Å². The molecule has 5 nitrogen and oxygen atoms in total. The fourth-order valence-electron chi connectivity index (χ4n) is 3.02. The highest BCUT2D eigenvalue weighted by Crippen LogP contribution is 2.29. The zero-order valence-corrected chi connectivity index (χ0v) is 11.0. The summed E-state index contributed by atoms with van der Waals surface area (Å²) in [6.45, 7) is 3.84. The van der Waals surface area contributed by atoms with Gasteiger partial charge in [0.25, 0.3) is 0 Å². The lowest BCUT2D eigenvalue weighted by molar-refractivity contribution is 0.0952. The summed E-state index contributed by atoms with van der Waals surface area (Å²) >= 11 is 0. The highest BCUT2D eigenvalue weighted by Gasteiger charge is 2.28. The Morgan fingerprint density at radius 3 is 2.89 bits per heavy atom. The van der Waals surface area contributed by atoms with Gasteiger partial charge in [-0.3, -0.25) is 0 Å². The zero-order chi connectivity index (χ0) is 12.5. The molecule has 1 saturated carbocycles. The maximum absolute atomic E-state index is 5.84. The SMILES string of the molecule is Cc1nnc(CC2CC(N)C2)n1CC1CCCO1. The molecule has 0 spiro atoms. The van der Waals surface area contributed by atoms with Crippen LogP contribution in [0.3, 0.4) is 0 Å². The largest absolute Gasteiger partial charge is 0.376 e. The van der Waals surface area contributed by atoms with Crippen LogP contribution in [0.25, 0.3) is 0 Å². The molecule has 2 fully saturated rings. The predicted molar refractivity (Wildman–Crippen MR) is 68.1 cm³/mol. The second kappa shape index (κ2) is 4.97. The summed E-state index contributed by atoms with van der Waals surface area (Å²) in [4.78, 5) is 0. The van der Waals surface area contributed by atoms with Gasteiger partial charge >= 0.3 is 0 Å². The van der Waals surface area contributed by atoms with E-state index in [1.807, 2.05) is 6.92 Å². The number of nitrogens with zero attached hydrogens (tertiary/aromatic N) is 3. The molecule has 1 aromatic rings. The Labute approximate surface area is 108 Å². The maximum Gasteiger partial charge on any atom is 0.133 e. The molecule has 1 unspecified atom stereocenters. The number of hydrogen-bond acceptors (Lipinski definition) is 4. The Morgan fingerprint density at radius 1 is 1.39 bits per heavy atom. The molecule has 0 radical (unpaired) electrons. The molecule has 2 aliphatic rings. The molecule has 0 amide bonds. The van der Waals surface area contributed by atoms with Crippen molar-refractivity contribution in [3.63, 3.8) is 0 Å². The molecule has 100 valence electrons. The molecule has 3 rings (SSSR count). The first-order valence-electron chi connectivity index (χ1n) is 6.98. The number of hydrogen-bond donors (Lipinski definition) is 1. The van der Waals surface area contributed by atoms with Crippen LogP contribution in [0.15, 0.2) is 0 Å². The molecule has 2 heterocycles. The van der Waals surface area contributed by atoms with Gasteiger partial charge in [-0.2, -0.15) is 0 Å². The van der Waals surface area contributed by atoms with E-state index in [1.54, 1.807) is 0 Å². The van der Waals surface area contributed by atoms with Crippen molar-refractivity contribution >= 4 is 0 Å². The van der Waals surface area contributed by atoms with Crippen LogP contribution in [-0.4, -0.2) is 33.5 Å². The van der Waals surface area contributed by atoms with Crippen LogP contribution in [-0.2, 0) is 17.7 Å². The average molecular weight is 250 g/mol. The Bertz CT molecular complexity index is 405. The van der Waals surface area contributed by atoms with E-state index in [4.69, 9.17) is 10.5 Å². The van der Waals surface area contributed by atoms with Crippen LogP contribution >= 0.6 is 0 Å². The topological polar surface area (TPSA) is 66.0 Å². The van der Waals surface area contributed by atoms with Gasteiger partial charge in [-0.15, -0.1) is 10.2 Å². The van der Waals surface area contributed by atoms with Crippen molar-refractivity contribution in [2.45, 2.75) is 57.7 Å². The van der Waals surface area contributed by atoms with E-state index in [2.05, 4.69) is 14.8 Å². The number of aromatic nitrogens is 3. The summed E-state index contributed by atoms with van der Waals surface area (Å²) in [6, 6.07) is 0.408. The van der Waals surface area contributed by atoms with Crippen LogP contribution in [0.4, 0.5) is 0 Å². The van der Waals surface area contributed by atoms with E-state index in [0.29, 0.717) is 18.1 Å². The average Bonchev–Trinajstić information content (AvgIpc) is 2.91. The first-order chi connectivity index (χ1) is 8.72. The van der Waals surface area contributed by atoms with Crippen molar-refractivity contribution < 1.29 is 4.74 Å². The second-order valence-corrected chi connectivity index (χ2v) is 5.71. The van der Waals surface area contributed by atoms with Gasteiger partial charge < -0.3 is 15.0 Å². The molecule has 0 bridgehead atoms. The lowest BCUT2D eigenvalue weighted by atomic mass is 9.78. The van der Waals surface area contributed by atoms with Gasteiger partial charge in [0.1, 0.15) is 11.6 Å². The number of rotatable bonds is 4. The van der Waals surface area contributed by atoms with Gasteiger partial charge in [-0.05, 0) is 38.5 Å². The van der Waals surface area contributed by atoms with E-state index in [0.717, 1.165) is 50.5 Å². The molecule has 18 heavy (non-hydrogen) atoms. The Hall–Kier alpha value is -0.940. The van der Waals surface area contributed by atoms with Crippen molar-refractivity contribution in [3.8, 4) is 0 Å². The minimum atomic E-state index is 0.349. The summed E-state index contributed by atoms with van der Waals surface area (Å²) in [5.41, 5.74) is 5.84. The van der Waals surface area contributed by atoms with Crippen LogP contribution in [0, 0.1) is 12.8 Å². The monoisotopic (exact) mass is 250 g/mol. The summed E-state index contributed by atoms with van der Waals surface area (Å²) in [7, 11) is 0. The van der Waals surface area contributed by atoms with Gasteiger partial charge in [-0.25, -0.2) is 0 Å². The maximum atomic E-state index is 5.84. The van der Waals surface area contributed by atoms with Crippen molar-refractivity contribution in [1.29, 1.82) is 0 Å². The lowest BCUT2D eigenvalue weighted by Crippen LogP contribution is -2.37. The molecular weight excluding hydrogens is 228 g/mol. The number of nitrogens with two attached hydrogens (primary N) is 1. The standard InChI is InChI=1S/C13H22N4O/c1-9-15-16-13(7-10-5-11(14)6-10)17(9)8-12-3-2-4-18-12/h10-12H,2-8,14H2,1H3. The highest BCUT2D eigenvalue weighted by atomic mass is 16.5. The van der Waals surface area contributed by atoms with Gasteiger partial charge in [0.2, 0.25) is 0 Å². The molecule has 1 aliphatic heterocycles. The molecule has 1 saturated heterocycles. The molecule has 2 N–H and O–H groups in total. The van der Waals surface area contributed by atoms with Gasteiger partial charge in [0.05, 0.1) is 12.6 Å². The smallest absolute Gasteiger partial charge is 0.133 e. The Morgan fingerprint density at radius 2 is 2.22 bits per heavy atom. The second-order valence-electron chi connectivity index (χ2n) is 5.71. The molecule has 5 heteroatoms. The summed E-state index contributed by atoms with van der Waals surface area (Å²) in [5.74, 6) is 2.82. The van der Waals surface area contributed by atoms with Gasteiger partial charge in [-0.1, -0.05) is 0 Å². The molecule has 1 aromatic heterocycles. The number of ether oxygens (including phenoxy) is 1. The van der Waals surface area contributed by atoms with Crippen molar-refractivity contribution in [2.24, 2.45) is 11.7 Å². The minimum Gasteiger partial charge on any atom is -0.376 e. The normalized spacial score (nSPS) is 31.6. The molecule has 1 atom stereocenters. The third-order valence-electron chi connectivity index (χ3n) is 4.17. The summed E-state index contributed by atoms with van der Waals surface area (Å²) < 4.78 is 7.94. The summed E-state index contributed by atoms with van der Waals surface area (Å²) in [6.07, 6.45) is 5.96. The Kier molecular flexibility index (Phi) is 3.35. The van der Waals surface area contributed by atoms with E-state index in [-0.39, 0.29) is 0 Å². The van der Waals surface area contributed by atoms with Crippen LogP contribution < -0.4 is 5.73 Å². The van der Waals surface area contributed by atoms with Gasteiger partial charge in [0, 0.05) is 19.1 Å². The fraction of sp³-hybridized carbons (Fsp3) is 0.846. The van der Waals surface area contributed by atoms with Gasteiger partial charge in [0.15, 0.2) is 0 Å². The van der Waals surface area contributed by atoms with E-state index >= 15 is 0 Å². The zero-order valence-electron chi connectivity index (χ0n) is 11.0. The van der Waals surface area contributed by atoms with E-state index in [9.17, 15) is 0 Å². The molecule has 1 aliphatic carbocycles. The fourth-order valence-corrected chi connectivity index (χ4v) is 3.02. The van der Waals surface area contributed by atoms with Crippen molar-refractivity contribution in [2.75, 3.05) is 6.61 Å².